The van der Waals surface area contributed by atoms with Crippen molar-refractivity contribution in [1.29, 1.82) is 0 Å². The summed E-state index contributed by atoms with van der Waals surface area (Å²) in [5.41, 5.74) is 0.145. The van der Waals surface area contributed by atoms with Gasteiger partial charge in [0.15, 0.2) is 0 Å². The predicted octanol–water partition coefficient (Wildman–Crippen LogP) is 4.25. The van der Waals surface area contributed by atoms with Gasteiger partial charge in [0, 0.05) is 24.8 Å². The molecule has 2 amide bonds. The molecule has 0 unspecified atom stereocenters. The van der Waals surface area contributed by atoms with Crippen LogP contribution in [-0.4, -0.2) is 34.7 Å². The highest BCUT2D eigenvalue weighted by atomic mass is 16.5. The van der Waals surface area contributed by atoms with Gasteiger partial charge in [-0.05, 0) is 55.9 Å². The smallest absolute Gasteiger partial charge is 0.321 e. The van der Waals surface area contributed by atoms with Gasteiger partial charge in [0.05, 0.1) is 5.60 Å². The zero-order chi connectivity index (χ0) is 18.0. The van der Waals surface area contributed by atoms with E-state index in [0.29, 0.717) is 43.3 Å². The Morgan fingerprint density at radius 3 is 2.42 bits per heavy atom. The molecule has 0 radical (unpaired) electrons. The SMILES string of the molecule is O=C(Nc1cccc(Oc2ccccc2)c1)N1CCC(O)(C2CC2)CC1. The number of amides is 2. The number of hydrogen-bond donors (Lipinski definition) is 2. The van der Waals surface area contributed by atoms with Gasteiger partial charge in [0.25, 0.3) is 0 Å². The molecule has 0 bridgehead atoms. The van der Waals surface area contributed by atoms with Gasteiger partial charge in [0.1, 0.15) is 11.5 Å². The second kappa shape index (κ2) is 7.00. The molecule has 1 saturated heterocycles. The third-order valence-corrected chi connectivity index (χ3v) is 5.32. The summed E-state index contributed by atoms with van der Waals surface area (Å²) in [6.45, 7) is 1.19. The van der Waals surface area contributed by atoms with Crippen LogP contribution in [0.3, 0.4) is 0 Å². The molecule has 1 aliphatic carbocycles. The number of likely N-dealkylation sites (tertiary alicyclic amines) is 1. The van der Waals surface area contributed by atoms with Crippen LogP contribution in [0.5, 0.6) is 11.5 Å². The van der Waals surface area contributed by atoms with Gasteiger partial charge >= 0.3 is 6.03 Å². The predicted molar refractivity (Wildman–Crippen MR) is 100 cm³/mol. The number of carbonyl (C=O) groups excluding carboxylic acids is 1. The van der Waals surface area contributed by atoms with E-state index in [2.05, 4.69) is 5.32 Å². The van der Waals surface area contributed by atoms with Crippen molar-refractivity contribution >= 4 is 11.7 Å². The van der Waals surface area contributed by atoms with Gasteiger partial charge < -0.3 is 20.1 Å². The first kappa shape index (κ1) is 16.9. The van der Waals surface area contributed by atoms with Gasteiger partial charge in [-0.1, -0.05) is 24.3 Å². The monoisotopic (exact) mass is 352 g/mol. The fourth-order valence-electron chi connectivity index (χ4n) is 3.59. The number of hydrogen-bond acceptors (Lipinski definition) is 3. The van der Waals surface area contributed by atoms with Crippen LogP contribution in [0, 0.1) is 5.92 Å². The van der Waals surface area contributed by atoms with Gasteiger partial charge in [-0.2, -0.15) is 0 Å². The third-order valence-electron chi connectivity index (χ3n) is 5.32. The Balaban J connectivity index is 1.35. The highest BCUT2D eigenvalue weighted by Crippen LogP contribution is 2.45. The molecular weight excluding hydrogens is 328 g/mol. The lowest BCUT2D eigenvalue weighted by atomic mass is 9.87. The number of rotatable bonds is 4. The molecule has 26 heavy (non-hydrogen) atoms. The molecule has 0 spiro atoms. The first-order valence-corrected chi connectivity index (χ1v) is 9.24. The number of nitrogens with zero attached hydrogens (tertiary/aromatic N) is 1. The zero-order valence-corrected chi connectivity index (χ0v) is 14.7. The summed E-state index contributed by atoms with van der Waals surface area (Å²) in [5.74, 6) is 1.88. The molecule has 2 fully saturated rings. The van der Waals surface area contributed by atoms with Crippen molar-refractivity contribution in [3.8, 4) is 11.5 Å². The minimum absolute atomic E-state index is 0.125. The van der Waals surface area contributed by atoms with Crippen molar-refractivity contribution in [3.05, 3.63) is 54.6 Å². The van der Waals surface area contributed by atoms with Crippen molar-refractivity contribution in [3.63, 3.8) is 0 Å². The molecular formula is C21H24N2O3. The Morgan fingerprint density at radius 2 is 1.73 bits per heavy atom. The van der Waals surface area contributed by atoms with Crippen molar-refractivity contribution in [2.45, 2.75) is 31.3 Å². The number of urea groups is 1. The third kappa shape index (κ3) is 3.83. The first-order chi connectivity index (χ1) is 12.6. The number of para-hydroxylation sites is 1. The van der Waals surface area contributed by atoms with Crippen LogP contribution in [0.2, 0.25) is 0 Å². The topological polar surface area (TPSA) is 61.8 Å². The summed E-state index contributed by atoms with van der Waals surface area (Å²) >= 11 is 0. The number of nitrogens with one attached hydrogen (secondary N) is 1. The van der Waals surface area contributed by atoms with E-state index in [1.807, 2.05) is 54.6 Å². The maximum absolute atomic E-state index is 12.5. The summed E-state index contributed by atoms with van der Waals surface area (Å²) in [7, 11) is 0. The molecule has 5 heteroatoms. The molecule has 5 nitrogen and oxygen atoms in total. The van der Waals surface area contributed by atoms with E-state index >= 15 is 0 Å². The quantitative estimate of drug-likeness (QED) is 0.865. The molecule has 136 valence electrons. The first-order valence-electron chi connectivity index (χ1n) is 9.24. The molecule has 2 aromatic rings. The summed E-state index contributed by atoms with van der Waals surface area (Å²) in [4.78, 5) is 14.3. The molecule has 4 rings (SSSR count). The van der Waals surface area contributed by atoms with Crippen molar-refractivity contribution in [2.75, 3.05) is 18.4 Å². The van der Waals surface area contributed by atoms with Gasteiger partial charge in [0.2, 0.25) is 0 Å². The van der Waals surface area contributed by atoms with Gasteiger partial charge in [-0.3, -0.25) is 0 Å². The van der Waals surface area contributed by atoms with E-state index in [1.165, 1.54) is 0 Å². The van der Waals surface area contributed by atoms with E-state index in [1.54, 1.807) is 4.90 Å². The molecule has 1 saturated carbocycles. The highest BCUT2D eigenvalue weighted by molar-refractivity contribution is 5.89. The van der Waals surface area contributed by atoms with E-state index in [0.717, 1.165) is 18.6 Å². The number of anilines is 1. The largest absolute Gasteiger partial charge is 0.457 e. The van der Waals surface area contributed by atoms with E-state index in [4.69, 9.17) is 4.74 Å². The normalized spacial score (nSPS) is 19.0. The highest BCUT2D eigenvalue weighted by Gasteiger charge is 2.45. The van der Waals surface area contributed by atoms with Gasteiger partial charge in [-0.25, -0.2) is 4.79 Å². The second-order valence-corrected chi connectivity index (χ2v) is 7.24. The number of carbonyl (C=O) groups is 1. The number of piperidine rings is 1. The Kier molecular flexibility index (Phi) is 4.55. The van der Waals surface area contributed by atoms with E-state index in [-0.39, 0.29) is 6.03 Å². The van der Waals surface area contributed by atoms with E-state index < -0.39 is 5.60 Å². The van der Waals surface area contributed by atoms with Crippen molar-refractivity contribution < 1.29 is 14.6 Å². The van der Waals surface area contributed by atoms with Crippen LogP contribution < -0.4 is 10.1 Å². The molecule has 0 atom stereocenters. The maximum Gasteiger partial charge on any atom is 0.321 e. The van der Waals surface area contributed by atoms with Crippen LogP contribution in [-0.2, 0) is 0 Å². The van der Waals surface area contributed by atoms with Crippen LogP contribution in [0.15, 0.2) is 54.6 Å². The molecule has 2 N–H and O–H groups in total. The lowest BCUT2D eigenvalue weighted by Gasteiger charge is -2.38. The number of aliphatic hydroxyl groups is 1. The maximum atomic E-state index is 12.5. The minimum Gasteiger partial charge on any atom is -0.457 e. The summed E-state index contributed by atoms with van der Waals surface area (Å²) < 4.78 is 5.81. The van der Waals surface area contributed by atoms with Gasteiger partial charge in [-0.15, -0.1) is 0 Å². The van der Waals surface area contributed by atoms with Crippen LogP contribution >= 0.6 is 0 Å². The van der Waals surface area contributed by atoms with Crippen LogP contribution in [0.4, 0.5) is 10.5 Å². The average molecular weight is 352 g/mol. The molecule has 0 aromatic heterocycles. The Bertz CT molecular complexity index is 766. The van der Waals surface area contributed by atoms with Crippen LogP contribution in [0.25, 0.3) is 0 Å². The number of ether oxygens (including phenoxy) is 1. The second-order valence-electron chi connectivity index (χ2n) is 7.24. The summed E-state index contributed by atoms with van der Waals surface area (Å²) in [6, 6.07) is 16.8. The molecule has 1 aliphatic heterocycles. The van der Waals surface area contributed by atoms with Crippen molar-refractivity contribution in [1.82, 2.24) is 4.90 Å². The zero-order valence-electron chi connectivity index (χ0n) is 14.7. The molecule has 2 aliphatic rings. The molecule has 1 heterocycles. The van der Waals surface area contributed by atoms with Crippen LogP contribution in [0.1, 0.15) is 25.7 Å². The standard InChI is InChI=1S/C21H24N2O3/c24-20(23-13-11-21(25,12-14-23)16-9-10-16)22-17-5-4-8-19(15-17)26-18-6-2-1-3-7-18/h1-8,15-16,25H,9-14H2,(H,22,24). The van der Waals surface area contributed by atoms with Crippen molar-refractivity contribution in [2.24, 2.45) is 5.92 Å². The lowest BCUT2D eigenvalue weighted by Crippen LogP contribution is -2.49. The Labute approximate surface area is 153 Å². The fourth-order valence-corrected chi connectivity index (χ4v) is 3.59. The Hall–Kier alpha value is -2.53. The van der Waals surface area contributed by atoms with E-state index in [9.17, 15) is 9.90 Å². The summed E-state index contributed by atoms with van der Waals surface area (Å²) in [5, 5.41) is 13.5. The minimum atomic E-state index is -0.555. The fraction of sp³-hybridized carbons (Fsp3) is 0.381. The summed E-state index contributed by atoms with van der Waals surface area (Å²) in [6.07, 6.45) is 3.58. The average Bonchev–Trinajstić information content (AvgIpc) is 3.49. The molecule has 2 aromatic carbocycles. The lowest BCUT2D eigenvalue weighted by molar-refractivity contribution is -0.0297. The number of benzene rings is 2. The Morgan fingerprint density at radius 1 is 1.04 bits per heavy atom.